The first-order chi connectivity index (χ1) is 9.15. The molecule has 0 aliphatic rings. The van der Waals surface area contributed by atoms with E-state index in [0.29, 0.717) is 0 Å². The highest BCUT2D eigenvalue weighted by atomic mass is 16.3. The summed E-state index contributed by atoms with van der Waals surface area (Å²) in [5.41, 5.74) is 0.721. The van der Waals surface area contributed by atoms with Crippen molar-refractivity contribution in [3.63, 3.8) is 0 Å². The SMILES string of the molecule is CCCCC[C@](C)(CO)N[C@@H](CO)c1ccccc1. The van der Waals surface area contributed by atoms with Crippen molar-refractivity contribution in [3.8, 4) is 0 Å². The molecule has 3 N–H and O–H groups in total. The fourth-order valence-corrected chi connectivity index (χ4v) is 2.30. The van der Waals surface area contributed by atoms with Crippen molar-refractivity contribution < 1.29 is 10.2 Å². The number of rotatable bonds is 9. The largest absolute Gasteiger partial charge is 0.394 e. The highest BCUT2D eigenvalue weighted by Gasteiger charge is 2.26. The molecular formula is C16H27NO2. The van der Waals surface area contributed by atoms with Crippen LogP contribution in [0.25, 0.3) is 0 Å². The molecule has 0 heterocycles. The van der Waals surface area contributed by atoms with Crippen LogP contribution >= 0.6 is 0 Å². The number of benzene rings is 1. The Morgan fingerprint density at radius 1 is 1.16 bits per heavy atom. The zero-order chi connectivity index (χ0) is 14.1. The van der Waals surface area contributed by atoms with Crippen LogP contribution in [-0.4, -0.2) is 29.0 Å². The Balaban J connectivity index is 2.66. The molecule has 0 fully saturated rings. The van der Waals surface area contributed by atoms with Gasteiger partial charge in [0.1, 0.15) is 0 Å². The summed E-state index contributed by atoms with van der Waals surface area (Å²) in [7, 11) is 0. The molecule has 0 aromatic heterocycles. The first-order valence-electron chi connectivity index (χ1n) is 7.19. The summed E-state index contributed by atoms with van der Waals surface area (Å²) in [6.07, 6.45) is 4.35. The lowest BCUT2D eigenvalue weighted by molar-refractivity contribution is 0.129. The maximum atomic E-state index is 9.63. The Hall–Kier alpha value is -0.900. The van der Waals surface area contributed by atoms with Crippen LogP contribution in [0.2, 0.25) is 0 Å². The molecule has 1 rings (SSSR count). The van der Waals surface area contributed by atoms with E-state index in [-0.39, 0.29) is 24.8 Å². The zero-order valence-corrected chi connectivity index (χ0v) is 12.1. The quantitative estimate of drug-likeness (QED) is 0.602. The van der Waals surface area contributed by atoms with E-state index >= 15 is 0 Å². The first-order valence-corrected chi connectivity index (χ1v) is 7.19. The lowest BCUT2D eigenvalue weighted by Crippen LogP contribution is -2.48. The Morgan fingerprint density at radius 2 is 1.84 bits per heavy atom. The molecule has 1 aromatic rings. The highest BCUT2D eigenvalue weighted by molar-refractivity contribution is 5.19. The fourth-order valence-electron chi connectivity index (χ4n) is 2.30. The first kappa shape index (κ1) is 16.2. The van der Waals surface area contributed by atoms with Crippen molar-refractivity contribution >= 4 is 0 Å². The second kappa shape index (κ2) is 8.31. The average molecular weight is 265 g/mol. The lowest BCUT2D eigenvalue weighted by Gasteiger charge is -2.33. The van der Waals surface area contributed by atoms with Gasteiger partial charge in [-0.2, -0.15) is 0 Å². The molecule has 0 saturated carbocycles. The number of hydrogen-bond acceptors (Lipinski definition) is 3. The highest BCUT2D eigenvalue weighted by Crippen LogP contribution is 2.21. The van der Waals surface area contributed by atoms with E-state index in [1.165, 1.54) is 12.8 Å². The van der Waals surface area contributed by atoms with Gasteiger partial charge in [-0.1, -0.05) is 56.5 Å². The van der Waals surface area contributed by atoms with E-state index < -0.39 is 0 Å². The third kappa shape index (κ3) is 5.31. The van der Waals surface area contributed by atoms with Gasteiger partial charge in [-0.15, -0.1) is 0 Å². The Bertz CT molecular complexity index is 342. The van der Waals surface area contributed by atoms with Crippen LogP contribution in [0.5, 0.6) is 0 Å². The molecule has 0 saturated heterocycles. The van der Waals surface area contributed by atoms with E-state index in [1.807, 2.05) is 37.3 Å². The van der Waals surface area contributed by atoms with Crippen LogP contribution in [0.1, 0.15) is 51.1 Å². The molecule has 108 valence electrons. The van der Waals surface area contributed by atoms with E-state index in [1.54, 1.807) is 0 Å². The van der Waals surface area contributed by atoms with Gasteiger partial charge in [-0.25, -0.2) is 0 Å². The van der Waals surface area contributed by atoms with Crippen LogP contribution in [0, 0.1) is 0 Å². The monoisotopic (exact) mass is 265 g/mol. The molecule has 0 spiro atoms. The third-order valence-electron chi connectivity index (χ3n) is 3.59. The molecule has 2 atom stereocenters. The molecule has 19 heavy (non-hydrogen) atoms. The van der Waals surface area contributed by atoms with Crippen LogP contribution in [-0.2, 0) is 0 Å². The minimum Gasteiger partial charge on any atom is -0.394 e. The molecule has 0 unspecified atom stereocenters. The molecule has 0 bridgehead atoms. The lowest BCUT2D eigenvalue weighted by atomic mass is 9.93. The van der Waals surface area contributed by atoms with Crippen LogP contribution in [0.4, 0.5) is 0 Å². The van der Waals surface area contributed by atoms with Crippen molar-refractivity contribution in [3.05, 3.63) is 35.9 Å². The van der Waals surface area contributed by atoms with Crippen LogP contribution < -0.4 is 5.32 Å². The molecule has 0 amide bonds. The Labute approximate surface area is 116 Å². The second-order valence-corrected chi connectivity index (χ2v) is 5.47. The third-order valence-corrected chi connectivity index (χ3v) is 3.59. The summed E-state index contributed by atoms with van der Waals surface area (Å²) in [5, 5.41) is 22.6. The van der Waals surface area contributed by atoms with Gasteiger partial charge in [-0.05, 0) is 18.9 Å². The van der Waals surface area contributed by atoms with Gasteiger partial charge in [0.15, 0.2) is 0 Å². The molecule has 1 aromatic carbocycles. The minimum atomic E-state index is -0.335. The van der Waals surface area contributed by atoms with Gasteiger partial charge in [0, 0.05) is 5.54 Å². The molecule has 0 aliphatic carbocycles. The number of aliphatic hydroxyl groups is 2. The van der Waals surface area contributed by atoms with E-state index in [9.17, 15) is 10.2 Å². The maximum Gasteiger partial charge on any atom is 0.0626 e. The predicted molar refractivity (Wildman–Crippen MR) is 79.0 cm³/mol. The van der Waals surface area contributed by atoms with Gasteiger partial charge in [-0.3, -0.25) is 0 Å². The van der Waals surface area contributed by atoms with Crippen molar-refractivity contribution in [2.45, 2.75) is 51.1 Å². The number of aliphatic hydroxyl groups excluding tert-OH is 2. The van der Waals surface area contributed by atoms with Gasteiger partial charge in [0.2, 0.25) is 0 Å². The zero-order valence-electron chi connectivity index (χ0n) is 12.1. The van der Waals surface area contributed by atoms with Gasteiger partial charge in [0.25, 0.3) is 0 Å². The summed E-state index contributed by atoms with van der Waals surface area (Å²) in [4.78, 5) is 0. The summed E-state index contributed by atoms with van der Waals surface area (Å²) in [6.45, 7) is 4.31. The molecule has 3 nitrogen and oxygen atoms in total. The van der Waals surface area contributed by atoms with Gasteiger partial charge < -0.3 is 15.5 Å². The van der Waals surface area contributed by atoms with Crippen molar-refractivity contribution in [1.29, 1.82) is 0 Å². The number of unbranched alkanes of at least 4 members (excludes halogenated alkanes) is 2. The Morgan fingerprint density at radius 3 is 2.37 bits per heavy atom. The second-order valence-electron chi connectivity index (χ2n) is 5.47. The molecule has 0 aliphatic heterocycles. The standard InChI is InChI=1S/C16H27NO2/c1-3-4-8-11-16(2,13-19)17-15(12-18)14-9-6-5-7-10-14/h5-7,9-10,15,17-19H,3-4,8,11-13H2,1-2H3/t15-,16+/m0/s1. The van der Waals surface area contributed by atoms with Crippen molar-refractivity contribution in [2.24, 2.45) is 0 Å². The summed E-state index contributed by atoms with van der Waals surface area (Å²) in [5.74, 6) is 0. The maximum absolute atomic E-state index is 9.63. The molecule has 3 heteroatoms. The summed E-state index contributed by atoms with van der Waals surface area (Å²) >= 11 is 0. The molecular weight excluding hydrogens is 238 g/mol. The van der Waals surface area contributed by atoms with E-state index in [2.05, 4.69) is 12.2 Å². The molecule has 0 radical (unpaired) electrons. The van der Waals surface area contributed by atoms with E-state index in [0.717, 1.165) is 18.4 Å². The number of nitrogens with one attached hydrogen (secondary N) is 1. The van der Waals surface area contributed by atoms with Gasteiger partial charge >= 0.3 is 0 Å². The van der Waals surface area contributed by atoms with Crippen LogP contribution in [0.3, 0.4) is 0 Å². The normalized spacial score (nSPS) is 16.0. The fraction of sp³-hybridized carbons (Fsp3) is 0.625. The smallest absolute Gasteiger partial charge is 0.0626 e. The Kier molecular flexibility index (Phi) is 7.06. The summed E-state index contributed by atoms with van der Waals surface area (Å²) in [6, 6.07) is 9.76. The topological polar surface area (TPSA) is 52.5 Å². The average Bonchev–Trinajstić information content (AvgIpc) is 2.46. The predicted octanol–water partition coefficient (Wildman–Crippen LogP) is 2.64. The van der Waals surface area contributed by atoms with E-state index in [4.69, 9.17) is 0 Å². The minimum absolute atomic E-state index is 0.0351. The van der Waals surface area contributed by atoms with Crippen molar-refractivity contribution in [1.82, 2.24) is 5.32 Å². The number of hydrogen-bond donors (Lipinski definition) is 3. The van der Waals surface area contributed by atoms with Crippen LogP contribution in [0.15, 0.2) is 30.3 Å². The van der Waals surface area contributed by atoms with Gasteiger partial charge in [0.05, 0.1) is 19.3 Å². The summed E-state index contributed by atoms with van der Waals surface area (Å²) < 4.78 is 0. The van der Waals surface area contributed by atoms with Crippen molar-refractivity contribution in [2.75, 3.05) is 13.2 Å².